The highest BCUT2D eigenvalue weighted by Crippen LogP contribution is 2.57. The standard InChI is InChI=1S/C56H37N3OS/c1-34-49(36-15-4-2-5-16-36)53-51(45-22-9-11-28-48(45)61-53)46-26-13-23-41(50(34)46)39-19-12-20-40(33-39)56-58-54(37-17-6-3-7-18-37)57-55(59-56)38-31-29-35(30-32-38)42-24-14-25-44-43-21-8-10-27-47(43)60-52(42)44/h2-34,49H,1H3. The Bertz CT molecular complexity index is 3440. The monoisotopic (exact) mass is 799 g/mol. The van der Waals surface area contributed by atoms with Gasteiger partial charge in [0.15, 0.2) is 17.5 Å². The van der Waals surface area contributed by atoms with Crippen molar-refractivity contribution in [3.63, 3.8) is 0 Å². The zero-order valence-corrected chi connectivity index (χ0v) is 34.1. The third-order valence-electron chi connectivity index (χ3n) is 12.4. The molecule has 0 radical (unpaired) electrons. The summed E-state index contributed by atoms with van der Waals surface area (Å²) < 4.78 is 7.71. The molecule has 11 aromatic rings. The molecule has 0 aliphatic heterocycles. The highest BCUT2D eigenvalue weighted by atomic mass is 32.1. The zero-order valence-electron chi connectivity index (χ0n) is 33.3. The Hall–Kier alpha value is -7.47. The molecular formula is C56H37N3OS. The molecule has 3 heterocycles. The van der Waals surface area contributed by atoms with Crippen LogP contribution >= 0.6 is 11.3 Å². The summed E-state index contributed by atoms with van der Waals surface area (Å²) in [7, 11) is 0. The number of furan rings is 1. The van der Waals surface area contributed by atoms with Gasteiger partial charge in [0, 0.05) is 59.5 Å². The van der Waals surface area contributed by atoms with Crippen LogP contribution in [0, 0.1) is 0 Å². The molecule has 4 nitrogen and oxygen atoms in total. The van der Waals surface area contributed by atoms with Gasteiger partial charge >= 0.3 is 0 Å². The number of thiophene rings is 1. The minimum absolute atomic E-state index is 0.239. The Kier molecular flexibility index (Phi) is 8.36. The molecule has 0 saturated carbocycles. The van der Waals surface area contributed by atoms with E-state index < -0.39 is 0 Å². The average Bonchev–Trinajstić information content (AvgIpc) is 3.91. The summed E-state index contributed by atoms with van der Waals surface area (Å²) in [5.41, 5.74) is 14.5. The maximum absolute atomic E-state index is 6.38. The van der Waals surface area contributed by atoms with Gasteiger partial charge in [0.2, 0.25) is 0 Å². The summed E-state index contributed by atoms with van der Waals surface area (Å²) >= 11 is 1.94. The smallest absolute Gasteiger partial charge is 0.164 e. The summed E-state index contributed by atoms with van der Waals surface area (Å²) in [6.07, 6.45) is 0. The number of hydrogen-bond acceptors (Lipinski definition) is 5. The molecule has 0 amide bonds. The molecule has 1 aliphatic carbocycles. The lowest BCUT2D eigenvalue weighted by molar-refractivity contribution is 0.662. The minimum atomic E-state index is 0.239. The van der Waals surface area contributed by atoms with Gasteiger partial charge in [-0.25, -0.2) is 15.0 Å². The fourth-order valence-corrected chi connectivity index (χ4v) is 11.0. The van der Waals surface area contributed by atoms with Crippen molar-refractivity contribution < 1.29 is 4.42 Å². The predicted molar refractivity (Wildman–Crippen MR) is 252 cm³/mol. The van der Waals surface area contributed by atoms with Crippen molar-refractivity contribution in [3.05, 3.63) is 210 Å². The van der Waals surface area contributed by atoms with Crippen LogP contribution in [0.4, 0.5) is 0 Å². The summed E-state index contributed by atoms with van der Waals surface area (Å²) in [5.74, 6) is 2.37. The molecule has 5 heteroatoms. The first-order valence-corrected chi connectivity index (χ1v) is 21.6. The number of para-hydroxylation sites is 2. The van der Waals surface area contributed by atoms with E-state index in [1.807, 2.05) is 41.7 Å². The van der Waals surface area contributed by atoms with E-state index in [1.165, 1.54) is 42.8 Å². The number of fused-ring (bicyclic) bond motifs is 8. The molecular weight excluding hydrogens is 763 g/mol. The lowest BCUT2D eigenvalue weighted by Gasteiger charge is -2.34. The van der Waals surface area contributed by atoms with Crippen LogP contribution in [0.15, 0.2) is 199 Å². The Morgan fingerprint density at radius 3 is 1.80 bits per heavy atom. The summed E-state index contributed by atoms with van der Waals surface area (Å²) in [6.45, 7) is 2.41. The van der Waals surface area contributed by atoms with Crippen molar-refractivity contribution >= 4 is 43.4 Å². The lowest BCUT2D eigenvalue weighted by atomic mass is 9.70. The van der Waals surface area contributed by atoms with Crippen LogP contribution in [0.5, 0.6) is 0 Å². The SMILES string of the molecule is CC1c2c(-c3cccc(-c4nc(-c5ccccc5)nc(-c5ccc(-c6cccc7c6oc6ccccc67)cc5)n4)c3)cccc2-c2c(sc3ccccc23)C1c1ccccc1. The molecule has 0 fully saturated rings. The van der Waals surface area contributed by atoms with Crippen LogP contribution in [0.25, 0.3) is 99.6 Å². The van der Waals surface area contributed by atoms with Crippen molar-refractivity contribution in [3.8, 4) is 67.5 Å². The molecule has 288 valence electrons. The second-order valence-corrected chi connectivity index (χ2v) is 17.0. The van der Waals surface area contributed by atoms with Crippen LogP contribution < -0.4 is 0 Å². The zero-order chi connectivity index (χ0) is 40.4. The molecule has 8 aromatic carbocycles. The van der Waals surface area contributed by atoms with Gasteiger partial charge in [0.25, 0.3) is 0 Å². The van der Waals surface area contributed by atoms with Gasteiger partial charge in [-0.05, 0) is 57.5 Å². The molecule has 1 aliphatic rings. The molecule has 2 unspecified atom stereocenters. The maximum Gasteiger partial charge on any atom is 0.164 e. The minimum Gasteiger partial charge on any atom is -0.455 e. The molecule has 0 N–H and O–H groups in total. The molecule has 61 heavy (non-hydrogen) atoms. The van der Waals surface area contributed by atoms with E-state index in [1.54, 1.807) is 0 Å². The molecule has 2 atom stereocenters. The van der Waals surface area contributed by atoms with Crippen molar-refractivity contribution in [1.29, 1.82) is 0 Å². The van der Waals surface area contributed by atoms with Crippen molar-refractivity contribution in [2.45, 2.75) is 18.8 Å². The van der Waals surface area contributed by atoms with E-state index in [4.69, 9.17) is 19.4 Å². The first kappa shape index (κ1) is 35.5. The molecule has 3 aromatic heterocycles. The molecule has 0 saturated heterocycles. The fourth-order valence-electron chi connectivity index (χ4n) is 9.53. The summed E-state index contributed by atoms with van der Waals surface area (Å²) in [6, 6.07) is 68.7. The number of nitrogens with zero attached hydrogens (tertiary/aromatic N) is 3. The van der Waals surface area contributed by atoms with Gasteiger partial charge in [0.1, 0.15) is 11.2 Å². The fraction of sp³-hybridized carbons (Fsp3) is 0.0536. The van der Waals surface area contributed by atoms with Crippen molar-refractivity contribution in [2.24, 2.45) is 0 Å². The van der Waals surface area contributed by atoms with Crippen LogP contribution in [-0.2, 0) is 0 Å². The number of rotatable bonds is 6. The first-order valence-electron chi connectivity index (χ1n) is 20.8. The van der Waals surface area contributed by atoms with Crippen LogP contribution in [-0.4, -0.2) is 15.0 Å². The quantitative estimate of drug-likeness (QED) is 0.168. The van der Waals surface area contributed by atoms with E-state index in [2.05, 4.69) is 171 Å². The van der Waals surface area contributed by atoms with Gasteiger partial charge < -0.3 is 4.42 Å². The number of aromatic nitrogens is 3. The second-order valence-electron chi connectivity index (χ2n) is 15.9. The first-order chi connectivity index (χ1) is 30.2. The van der Waals surface area contributed by atoms with E-state index in [9.17, 15) is 0 Å². The van der Waals surface area contributed by atoms with Crippen LogP contribution in [0.1, 0.15) is 34.8 Å². The second kappa shape index (κ2) is 14.4. The topological polar surface area (TPSA) is 51.8 Å². The number of hydrogen-bond donors (Lipinski definition) is 0. The van der Waals surface area contributed by atoms with Crippen LogP contribution in [0.3, 0.4) is 0 Å². The maximum atomic E-state index is 6.38. The lowest BCUT2D eigenvalue weighted by Crippen LogP contribution is -2.16. The van der Waals surface area contributed by atoms with Crippen molar-refractivity contribution in [2.75, 3.05) is 0 Å². The van der Waals surface area contributed by atoms with E-state index >= 15 is 0 Å². The Morgan fingerprint density at radius 2 is 1.00 bits per heavy atom. The highest BCUT2D eigenvalue weighted by Gasteiger charge is 2.36. The Balaban J connectivity index is 0.974. The van der Waals surface area contributed by atoms with Gasteiger partial charge in [0.05, 0.1) is 0 Å². The van der Waals surface area contributed by atoms with Gasteiger partial charge in [-0.1, -0.05) is 183 Å². The normalized spacial score (nSPS) is 14.6. The van der Waals surface area contributed by atoms with Gasteiger partial charge in [-0.2, -0.15) is 0 Å². The highest BCUT2D eigenvalue weighted by molar-refractivity contribution is 7.19. The third kappa shape index (κ3) is 5.92. The molecule has 0 spiro atoms. The third-order valence-corrected chi connectivity index (χ3v) is 13.6. The largest absolute Gasteiger partial charge is 0.455 e. The van der Waals surface area contributed by atoms with E-state index in [0.29, 0.717) is 17.5 Å². The van der Waals surface area contributed by atoms with E-state index in [0.717, 1.165) is 55.3 Å². The number of benzene rings is 8. The van der Waals surface area contributed by atoms with Gasteiger partial charge in [-0.3, -0.25) is 0 Å². The summed E-state index contributed by atoms with van der Waals surface area (Å²) in [4.78, 5) is 16.8. The van der Waals surface area contributed by atoms with Crippen LogP contribution in [0.2, 0.25) is 0 Å². The Labute approximate surface area is 357 Å². The van der Waals surface area contributed by atoms with Crippen molar-refractivity contribution in [1.82, 2.24) is 15.0 Å². The van der Waals surface area contributed by atoms with Gasteiger partial charge in [-0.15, -0.1) is 11.3 Å². The predicted octanol–water partition coefficient (Wildman–Crippen LogP) is 15.2. The summed E-state index contributed by atoms with van der Waals surface area (Å²) in [5, 5.41) is 3.56. The van der Waals surface area contributed by atoms with E-state index in [-0.39, 0.29) is 11.8 Å². The molecule has 12 rings (SSSR count). The average molecular weight is 800 g/mol. The Morgan fingerprint density at radius 1 is 0.443 bits per heavy atom. The molecule has 0 bridgehead atoms.